The molecule has 1 heterocycles. The van der Waals surface area contributed by atoms with Crippen molar-refractivity contribution >= 4 is 26.9 Å². The van der Waals surface area contributed by atoms with Crippen LogP contribution in [-0.2, 0) is 0 Å². The Morgan fingerprint density at radius 1 is 1.35 bits per heavy atom. The molecule has 0 amide bonds. The van der Waals surface area contributed by atoms with Gasteiger partial charge >= 0.3 is 0 Å². The van der Waals surface area contributed by atoms with Gasteiger partial charge < -0.3 is 9.73 Å². The van der Waals surface area contributed by atoms with Crippen LogP contribution in [0.4, 0.5) is 0 Å². The minimum Gasteiger partial charge on any atom is -0.458 e. The molecule has 2 rings (SSSR count). The molecule has 0 saturated heterocycles. The number of rotatable bonds is 5. The molecule has 1 aromatic heterocycles. The highest BCUT2D eigenvalue weighted by Crippen LogP contribution is 2.30. The van der Waals surface area contributed by atoms with Crippen LogP contribution < -0.4 is 5.32 Å². The van der Waals surface area contributed by atoms with Crippen LogP contribution in [0.1, 0.15) is 38.5 Å². The Kier molecular flexibility index (Phi) is 4.24. The van der Waals surface area contributed by atoms with Crippen LogP contribution in [0.25, 0.3) is 11.0 Å². The summed E-state index contributed by atoms with van der Waals surface area (Å²) in [6.45, 7) is 5.38. The van der Waals surface area contributed by atoms with Gasteiger partial charge in [0.25, 0.3) is 0 Å². The third-order valence-corrected chi connectivity index (χ3v) is 3.53. The van der Waals surface area contributed by atoms with E-state index >= 15 is 0 Å². The van der Waals surface area contributed by atoms with Gasteiger partial charge in [0.05, 0.1) is 10.5 Å². The third-order valence-electron chi connectivity index (χ3n) is 2.91. The van der Waals surface area contributed by atoms with E-state index in [2.05, 4.69) is 47.2 Å². The molecular weight excluding hydrogens is 278 g/mol. The Morgan fingerprint density at radius 3 is 2.82 bits per heavy atom. The molecule has 0 spiro atoms. The van der Waals surface area contributed by atoms with Crippen LogP contribution in [0.15, 0.2) is 33.2 Å². The van der Waals surface area contributed by atoms with E-state index in [1.165, 1.54) is 0 Å². The molecule has 1 aromatic carbocycles. The fraction of sp³-hybridized carbons (Fsp3) is 0.429. The number of benzene rings is 1. The zero-order valence-corrected chi connectivity index (χ0v) is 11.9. The van der Waals surface area contributed by atoms with Gasteiger partial charge in [0.15, 0.2) is 0 Å². The summed E-state index contributed by atoms with van der Waals surface area (Å²) in [5, 5.41) is 4.67. The molecule has 0 saturated carbocycles. The summed E-state index contributed by atoms with van der Waals surface area (Å²) < 4.78 is 6.96. The minimum atomic E-state index is 0.314. The molecule has 0 fully saturated rings. The van der Waals surface area contributed by atoms with Crippen LogP contribution >= 0.6 is 15.9 Å². The fourth-order valence-electron chi connectivity index (χ4n) is 1.98. The lowest BCUT2D eigenvalue weighted by Gasteiger charge is -2.13. The van der Waals surface area contributed by atoms with E-state index in [1.807, 2.05) is 12.1 Å². The monoisotopic (exact) mass is 295 g/mol. The van der Waals surface area contributed by atoms with Crippen molar-refractivity contribution in [2.24, 2.45) is 0 Å². The van der Waals surface area contributed by atoms with Crippen molar-refractivity contribution in [3.63, 3.8) is 0 Å². The molecule has 92 valence electrons. The number of hydrogen-bond acceptors (Lipinski definition) is 2. The normalized spacial score (nSPS) is 13.1. The van der Waals surface area contributed by atoms with Gasteiger partial charge in [0.2, 0.25) is 0 Å². The lowest BCUT2D eigenvalue weighted by atomic mass is 10.1. The van der Waals surface area contributed by atoms with Gasteiger partial charge in [-0.25, -0.2) is 0 Å². The van der Waals surface area contributed by atoms with Crippen LogP contribution in [-0.4, -0.2) is 6.54 Å². The quantitative estimate of drug-likeness (QED) is 0.869. The topological polar surface area (TPSA) is 25.2 Å². The highest BCUT2D eigenvalue weighted by Gasteiger charge is 2.14. The number of nitrogens with one attached hydrogen (secondary N) is 1. The second kappa shape index (κ2) is 5.69. The smallest absolute Gasteiger partial charge is 0.148 e. The maximum absolute atomic E-state index is 5.94. The fourth-order valence-corrected chi connectivity index (χ4v) is 2.45. The highest BCUT2D eigenvalue weighted by atomic mass is 79.9. The van der Waals surface area contributed by atoms with Crippen LogP contribution in [0, 0.1) is 0 Å². The molecule has 0 radical (unpaired) electrons. The first-order valence-electron chi connectivity index (χ1n) is 6.17. The van der Waals surface area contributed by atoms with Crippen molar-refractivity contribution in [3.05, 3.63) is 34.5 Å². The Bertz CT molecular complexity index is 492. The van der Waals surface area contributed by atoms with Crippen molar-refractivity contribution in [1.29, 1.82) is 0 Å². The zero-order chi connectivity index (χ0) is 12.3. The van der Waals surface area contributed by atoms with Crippen molar-refractivity contribution in [3.8, 4) is 0 Å². The minimum absolute atomic E-state index is 0.314. The largest absolute Gasteiger partial charge is 0.458 e. The van der Waals surface area contributed by atoms with Crippen LogP contribution in [0.3, 0.4) is 0 Å². The molecule has 3 heteroatoms. The SMILES string of the molecule is CCCNC(CC)c1cc2cccc(Br)c2o1. The van der Waals surface area contributed by atoms with E-state index in [-0.39, 0.29) is 0 Å². The number of furan rings is 1. The van der Waals surface area contributed by atoms with Gasteiger partial charge in [-0.3, -0.25) is 0 Å². The average Bonchev–Trinajstić information content (AvgIpc) is 2.75. The summed E-state index contributed by atoms with van der Waals surface area (Å²) in [6, 6.07) is 8.58. The zero-order valence-electron chi connectivity index (χ0n) is 10.3. The summed E-state index contributed by atoms with van der Waals surface area (Å²) in [4.78, 5) is 0. The molecule has 1 unspecified atom stereocenters. The Labute approximate surface area is 111 Å². The van der Waals surface area contributed by atoms with Crippen LogP contribution in [0.5, 0.6) is 0 Å². The van der Waals surface area contributed by atoms with Crippen molar-refractivity contribution in [2.75, 3.05) is 6.54 Å². The first-order valence-corrected chi connectivity index (χ1v) is 6.96. The third kappa shape index (κ3) is 2.72. The van der Waals surface area contributed by atoms with Gasteiger partial charge in [-0.2, -0.15) is 0 Å². The summed E-state index contributed by atoms with van der Waals surface area (Å²) >= 11 is 3.52. The molecule has 0 aliphatic heterocycles. The maximum atomic E-state index is 5.94. The van der Waals surface area contributed by atoms with Crippen molar-refractivity contribution in [1.82, 2.24) is 5.32 Å². The van der Waals surface area contributed by atoms with Gasteiger partial charge in [-0.15, -0.1) is 0 Å². The predicted molar refractivity (Wildman–Crippen MR) is 75.2 cm³/mol. The van der Waals surface area contributed by atoms with E-state index in [0.29, 0.717) is 6.04 Å². The first-order chi connectivity index (χ1) is 8.26. The number of fused-ring (bicyclic) bond motifs is 1. The van der Waals surface area contributed by atoms with Crippen molar-refractivity contribution < 1.29 is 4.42 Å². The molecule has 2 aromatic rings. The standard InChI is InChI=1S/C14H18BrNO/c1-3-8-16-12(4-2)13-9-10-6-5-7-11(15)14(10)17-13/h5-7,9,12,16H,3-4,8H2,1-2H3. The molecule has 1 atom stereocenters. The Balaban J connectivity index is 2.31. The van der Waals surface area contributed by atoms with E-state index in [0.717, 1.165) is 40.6 Å². The molecule has 2 nitrogen and oxygen atoms in total. The van der Waals surface area contributed by atoms with E-state index in [1.54, 1.807) is 0 Å². The lowest BCUT2D eigenvalue weighted by Crippen LogP contribution is -2.20. The molecule has 1 N–H and O–H groups in total. The first kappa shape index (κ1) is 12.7. The number of halogens is 1. The van der Waals surface area contributed by atoms with E-state index in [4.69, 9.17) is 4.42 Å². The maximum Gasteiger partial charge on any atom is 0.148 e. The average molecular weight is 296 g/mol. The summed E-state index contributed by atoms with van der Waals surface area (Å²) in [6.07, 6.45) is 2.18. The number of hydrogen-bond donors (Lipinski definition) is 1. The van der Waals surface area contributed by atoms with Crippen LogP contribution in [0.2, 0.25) is 0 Å². The lowest BCUT2D eigenvalue weighted by molar-refractivity contribution is 0.421. The summed E-state index contributed by atoms with van der Waals surface area (Å²) in [5.74, 6) is 1.03. The summed E-state index contributed by atoms with van der Waals surface area (Å²) in [7, 11) is 0. The molecular formula is C14H18BrNO. The number of para-hydroxylation sites is 1. The summed E-state index contributed by atoms with van der Waals surface area (Å²) in [5.41, 5.74) is 0.944. The van der Waals surface area contributed by atoms with Gasteiger partial charge in [-0.05, 0) is 47.4 Å². The second-order valence-corrected chi connectivity index (χ2v) is 5.08. The Hall–Kier alpha value is -0.800. The van der Waals surface area contributed by atoms with Gasteiger partial charge in [0.1, 0.15) is 11.3 Å². The molecule has 0 aliphatic carbocycles. The Morgan fingerprint density at radius 2 is 2.18 bits per heavy atom. The second-order valence-electron chi connectivity index (χ2n) is 4.22. The predicted octanol–water partition coefficient (Wildman–Crippen LogP) is 4.65. The molecule has 0 bridgehead atoms. The van der Waals surface area contributed by atoms with Gasteiger partial charge in [0, 0.05) is 5.39 Å². The van der Waals surface area contributed by atoms with Crippen molar-refractivity contribution in [2.45, 2.75) is 32.7 Å². The molecule has 17 heavy (non-hydrogen) atoms. The highest BCUT2D eigenvalue weighted by molar-refractivity contribution is 9.10. The van der Waals surface area contributed by atoms with Gasteiger partial charge in [-0.1, -0.05) is 26.0 Å². The van der Waals surface area contributed by atoms with E-state index in [9.17, 15) is 0 Å². The molecule has 0 aliphatic rings. The van der Waals surface area contributed by atoms with E-state index < -0.39 is 0 Å².